The molecule has 0 radical (unpaired) electrons. The van der Waals surface area contributed by atoms with Gasteiger partial charge in [-0.05, 0) is 31.9 Å². The zero-order valence-corrected chi connectivity index (χ0v) is 15.7. The molecule has 5 nitrogen and oxygen atoms in total. The maximum Gasteiger partial charge on any atom is 0.224 e. The van der Waals surface area contributed by atoms with E-state index in [1.54, 1.807) is 36.4 Å². The van der Waals surface area contributed by atoms with E-state index < -0.39 is 0 Å². The number of carbonyl (C=O) groups excluding carboxylic acids is 3. The first kappa shape index (κ1) is 20.4. The van der Waals surface area contributed by atoms with Gasteiger partial charge in [-0.3, -0.25) is 14.4 Å². The number of hydrogen-bond donors (Lipinski definition) is 2. The van der Waals surface area contributed by atoms with Crippen LogP contribution in [0, 0.1) is 0 Å². The molecule has 0 heterocycles. The van der Waals surface area contributed by atoms with Crippen molar-refractivity contribution in [2.75, 3.05) is 11.1 Å². The van der Waals surface area contributed by atoms with Crippen LogP contribution in [-0.4, -0.2) is 17.5 Å². The minimum atomic E-state index is -0.0935. The third-order valence-electron chi connectivity index (χ3n) is 4.40. The summed E-state index contributed by atoms with van der Waals surface area (Å²) >= 11 is 0. The minimum Gasteiger partial charge on any atom is -0.397 e. The fraction of sp³-hybridized carbons (Fsp3) is 0.318. The number of rotatable bonds is 10. The van der Waals surface area contributed by atoms with Crippen LogP contribution in [0.3, 0.4) is 0 Å². The van der Waals surface area contributed by atoms with E-state index in [-0.39, 0.29) is 17.5 Å². The van der Waals surface area contributed by atoms with Gasteiger partial charge in [-0.2, -0.15) is 0 Å². The number of unbranched alkanes of at least 4 members (excludes halogenated alkanes) is 3. The first-order valence-corrected chi connectivity index (χ1v) is 9.26. The molecule has 0 saturated carbocycles. The van der Waals surface area contributed by atoms with Crippen LogP contribution >= 0.6 is 0 Å². The maximum atomic E-state index is 12.3. The number of nitrogen functional groups attached to an aromatic ring is 1. The van der Waals surface area contributed by atoms with E-state index in [0.29, 0.717) is 35.3 Å². The summed E-state index contributed by atoms with van der Waals surface area (Å²) in [5.74, 6) is -0.151. The van der Waals surface area contributed by atoms with Crippen molar-refractivity contribution in [3.63, 3.8) is 0 Å². The molecule has 0 aliphatic heterocycles. The lowest BCUT2D eigenvalue weighted by Crippen LogP contribution is -2.12. The molecule has 0 aliphatic carbocycles. The van der Waals surface area contributed by atoms with Crippen LogP contribution in [0.15, 0.2) is 48.5 Å². The normalized spacial score (nSPS) is 10.4. The molecule has 0 atom stereocenters. The Kier molecular flexibility index (Phi) is 7.74. The van der Waals surface area contributed by atoms with Crippen molar-refractivity contribution in [1.82, 2.24) is 0 Å². The molecule has 0 unspecified atom stereocenters. The van der Waals surface area contributed by atoms with Crippen LogP contribution in [0.2, 0.25) is 0 Å². The highest BCUT2D eigenvalue weighted by Gasteiger charge is 2.13. The highest BCUT2D eigenvalue weighted by molar-refractivity contribution is 6.08. The zero-order chi connectivity index (χ0) is 19.6. The fourth-order valence-electron chi connectivity index (χ4n) is 2.92. The molecule has 0 bridgehead atoms. The summed E-state index contributed by atoms with van der Waals surface area (Å²) in [4.78, 5) is 35.9. The summed E-state index contributed by atoms with van der Waals surface area (Å²) in [6.07, 6.45) is 4.09. The Hall–Kier alpha value is -2.95. The predicted molar refractivity (Wildman–Crippen MR) is 108 cm³/mol. The topological polar surface area (TPSA) is 89.3 Å². The van der Waals surface area contributed by atoms with Crippen LogP contribution in [0.5, 0.6) is 0 Å². The van der Waals surface area contributed by atoms with Gasteiger partial charge < -0.3 is 11.1 Å². The predicted octanol–water partition coefficient (Wildman–Crippen LogP) is 4.63. The van der Waals surface area contributed by atoms with Gasteiger partial charge in [0.15, 0.2) is 11.6 Å². The monoisotopic (exact) mass is 366 g/mol. The van der Waals surface area contributed by atoms with E-state index in [4.69, 9.17) is 5.73 Å². The number of nitrogens with two attached hydrogens (primary N) is 1. The van der Waals surface area contributed by atoms with Gasteiger partial charge in [0.25, 0.3) is 0 Å². The van der Waals surface area contributed by atoms with Gasteiger partial charge in [0.05, 0.1) is 11.4 Å². The first-order valence-electron chi connectivity index (χ1n) is 9.26. The third-order valence-corrected chi connectivity index (χ3v) is 4.40. The van der Waals surface area contributed by atoms with Gasteiger partial charge in [-0.1, -0.05) is 49.2 Å². The average molecular weight is 366 g/mol. The lowest BCUT2D eigenvalue weighted by atomic mass is 9.97. The average Bonchev–Trinajstić information content (AvgIpc) is 2.66. The van der Waals surface area contributed by atoms with Crippen molar-refractivity contribution >= 4 is 28.8 Å². The molecule has 142 valence electrons. The van der Waals surface area contributed by atoms with Crippen molar-refractivity contribution < 1.29 is 14.4 Å². The Balaban J connectivity index is 1.66. The van der Waals surface area contributed by atoms with Crippen LogP contribution in [-0.2, 0) is 4.79 Å². The van der Waals surface area contributed by atoms with Crippen LogP contribution in [0.25, 0.3) is 0 Å². The molecule has 2 aromatic carbocycles. The van der Waals surface area contributed by atoms with Gasteiger partial charge in [0.2, 0.25) is 5.91 Å². The largest absolute Gasteiger partial charge is 0.397 e. The van der Waals surface area contributed by atoms with Gasteiger partial charge >= 0.3 is 0 Å². The molecule has 27 heavy (non-hydrogen) atoms. The highest BCUT2D eigenvalue weighted by atomic mass is 16.1. The van der Waals surface area contributed by atoms with E-state index in [2.05, 4.69) is 5.32 Å². The smallest absolute Gasteiger partial charge is 0.224 e. The SMILES string of the molecule is CC(=O)c1ccccc1C(=O)CCCCCCC(=O)Nc1ccccc1N. The highest BCUT2D eigenvalue weighted by Crippen LogP contribution is 2.18. The number of para-hydroxylation sites is 2. The van der Waals surface area contributed by atoms with Crippen molar-refractivity contribution in [1.29, 1.82) is 0 Å². The molecule has 2 rings (SSSR count). The fourth-order valence-corrected chi connectivity index (χ4v) is 2.92. The number of amides is 1. The third kappa shape index (κ3) is 6.37. The van der Waals surface area contributed by atoms with Crippen LogP contribution < -0.4 is 11.1 Å². The van der Waals surface area contributed by atoms with E-state index in [1.165, 1.54) is 6.92 Å². The number of ketones is 2. The number of benzene rings is 2. The zero-order valence-electron chi connectivity index (χ0n) is 15.7. The number of carbonyl (C=O) groups is 3. The number of nitrogens with one attached hydrogen (secondary N) is 1. The molecule has 0 saturated heterocycles. The van der Waals surface area contributed by atoms with E-state index >= 15 is 0 Å². The van der Waals surface area contributed by atoms with E-state index in [9.17, 15) is 14.4 Å². The maximum absolute atomic E-state index is 12.3. The molecule has 3 N–H and O–H groups in total. The lowest BCUT2D eigenvalue weighted by Gasteiger charge is -2.08. The summed E-state index contributed by atoms with van der Waals surface area (Å²) in [7, 11) is 0. The number of hydrogen-bond acceptors (Lipinski definition) is 4. The van der Waals surface area contributed by atoms with Crippen LogP contribution in [0.4, 0.5) is 11.4 Å². The van der Waals surface area contributed by atoms with Crippen molar-refractivity contribution in [3.8, 4) is 0 Å². The second kappa shape index (κ2) is 10.3. The quantitative estimate of drug-likeness (QED) is 0.364. The summed E-state index contributed by atoms with van der Waals surface area (Å²) in [6.45, 7) is 1.47. The molecule has 0 fully saturated rings. The molecule has 5 heteroatoms. The Labute approximate surface area is 160 Å². The Morgan fingerprint density at radius 1 is 0.815 bits per heavy atom. The molecular formula is C22H26N2O3. The Bertz CT molecular complexity index is 815. The number of anilines is 2. The lowest BCUT2D eigenvalue weighted by molar-refractivity contribution is -0.116. The molecule has 0 spiro atoms. The van der Waals surface area contributed by atoms with Crippen molar-refractivity contribution in [2.24, 2.45) is 0 Å². The molecule has 0 aliphatic rings. The Morgan fingerprint density at radius 3 is 2.07 bits per heavy atom. The minimum absolute atomic E-state index is 0.00176. The Morgan fingerprint density at radius 2 is 1.41 bits per heavy atom. The van der Waals surface area contributed by atoms with Gasteiger partial charge in [0.1, 0.15) is 0 Å². The second-order valence-corrected chi connectivity index (χ2v) is 6.57. The molecule has 1 amide bonds. The first-order chi connectivity index (χ1) is 13.0. The van der Waals surface area contributed by atoms with Crippen molar-refractivity contribution in [2.45, 2.75) is 45.4 Å². The number of Topliss-reactive ketones (excluding diaryl/α,β-unsaturated/α-hetero) is 2. The van der Waals surface area contributed by atoms with Gasteiger partial charge in [0, 0.05) is 24.0 Å². The van der Waals surface area contributed by atoms with Crippen LogP contribution in [0.1, 0.15) is 66.2 Å². The second-order valence-electron chi connectivity index (χ2n) is 6.57. The van der Waals surface area contributed by atoms with Gasteiger partial charge in [-0.15, -0.1) is 0 Å². The molecule has 0 aromatic heterocycles. The van der Waals surface area contributed by atoms with Crippen molar-refractivity contribution in [3.05, 3.63) is 59.7 Å². The molecule has 2 aromatic rings. The summed E-state index contributed by atoms with van der Waals surface area (Å²) < 4.78 is 0. The standard InChI is InChI=1S/C22H26N2O3/c1-16(25)17-10-6-7-11-18(17)21(26)14-4-2-3-5-15-22(27)24-20-13-9-8-12-19(20)23/h6-13H,2-5,14-15,23H2,1H3,(H,24,27). The van der Waals surface area contributed by atoms with E-state index in [1.807, 2.05) is 12.1 Å². The molecular weight excluding hydrogens is 340 g/mol. The van der Waals surface area contributed by atoms with Gasteiger partial charge in [-0.25, -0.2) is 0 Å². The summed E-state index contributed by atoms with van der Waals surface area (Å²) in [5.41, 5.74) is 7.98. The summed E-state index contributed by atoms with van der Waals surface area (Å²) in [6, 6.07) is 14.1. The van der Waals surface area contributed by atoms with E-state index in [0.717, 1.165) is 25.7 Å². The summed E-state index contributed by atoms with van der Waals surface area (Å²) in [5, 5.41) is 2.81.